The summed E-state index contributed by atoms with van der Waals surface area (Å²) >= 11 is 5.71. The van der Waals surface area contributed by atoms with E-state index in [9.17, 15) is 13.9 Å². The van der Waals surface area contributed by atoms with Crippen LogP contribution < -0.4 is 24.5 Å². The molecule has 0 aliphatic carbocycles. The summed E-state index contributed by atoms with van der Waals surface area (Å²) in [6.07, 6.45) is 3.52. The molecule has 0 spiro atoms. The average molecular weight is 522 g/mol. The monoisotopic (exact) mass is 521 g/mol. The van der Waals surface area contributed by atoms with Gasteiger partial charge in [-0.2, -0.15) is 13.3 Å². The lowest BCUT2D eigenvalue weighted by atomic mass is 10.1. The molecule has 2 heterocycles. The predicted molar refractivity (Wildman–Crippen MR) is 141 cm³/mol. The molecule has 4 rings (SSSR count). The first kappa shape index (κ1) is 25.8. The van der Waals surface area contributed by atoms with Crippen LogP contribution in [-0.4, -0.2) is 23.3 Å². The summed E-state index contributed by atoms with van der Waals surface area (Å²) < 4.78 is 38.4. The number of hydrogen-bond acceptors (Lipinski definition) is 4. The topological polar surface area (TPSA) is 62.4 Å². The number of aromatic nitrogens is 2. The molecule has 0 saturated heterocycles. The highest BCUT2D eigenvalue weighted by Gasteiger charge is 2.21. The smallest absolute Gasteiger partial charge is 0.387 e. The summed E-state index contributed by atoms with van der Waals surface area (Å²) in [4.78, 5) is 0.243. The zero-order valence-corrected chi connectivity index (χ0v) is 21.3. The number of benzene rings is 2. The van der Waals surface area contributed by atoms with Crippen LogP contribution in [0.25, 0.3) is 17.1 Å². The largest absolute Gasteiger partial charge is 0.867 e. The van der Waals surface area contributed by atoms with E-state index in [2.05, 4.69) is 10.1 Å². The lowest BCUT2D eigenvalue weighted by molar-refractivity contribution is -0.577. The molecule has 0 saturated carbocycles. The van der Waals surface area contributed by atoms with Crippen LogP contribution in [0.4, 0.5) is 14.5 Å². The first-order valence-electron chi connectivity index (χ1n) is 11.4. The third kappa shape index (κ3) is 5.78. The predicted octanol–water partition coefficient (Wildman–Crippen LogP) is 5.12. The van der Waals surface area contributed by atoms with Crippen molar-refractivity contribution in [1.29, 1.82) is 0 Å². The Labute approximate surface area is 219 Å². The molecule has 6 nitrogen and oxygen atoms in total. The number of nitrogens with one attached hydrogen (secondary N) is 1. The van der Waals surface area contributed by atoms with Crippen molar-refractivity contribution in [3.8, 4) is 17.2 Å². The van der Waals surface area contributed by atoms with Gasteiger partial charge in [-0.15, -0.1) is 0 Å². The quantitative estimate of drug-likeness (QED) is 0.151. The fourth-order valence-corrected chi connectivity index (χ4v) is 4.39. The van der Waals surface area contributed by atoms with E-state index in [1.807, 2.05) is 54.8 Å². The minimum absolute atomic E-state index is 0.0579. The number of aryl methyl sites for hydroxylation is 1. The maximum absolute atomic E-state index is 14.0. The van der Waals surface area contributed by atoms with E-state index in [-0.39, 0.29) is 22.2 Å². The van der Waals surface area contributed by atoms with Crippen molar-refractivity contribution < 1.29 is 27.9 Å². The van der Waals surface area contributed by atoms with Crippen molar-refractivity contribution in [3.05, 3.63) is 102 Å². The van der Waals surface area contributed by atoms with Gasteiger partial charge in [0.15, 0.2) is 17.4 Å². The lowest BCUT2D eigenvalue weighted by Crippen LogP contribution is -2.39. The van der Waals surface area contributed by atoms with Crippen LogP contribution in [0.15, 0.2) is 85.2 Å². The molecule has 4 aromatic rings. The summed E-state index contributed by atoms with van der Waals surface area (Å²) in [5, 5.41) is 17.1. The summed E-state index contributed by atoms with van der Waals surface area (Å²) in [6.45, 7) is 0.800. The normalized spacial score (nSPS) is 11.7. The molecule has 0 unspecified atom stereocenters. The Morgan fingerprint density at radius 1 is 0.973 bits per heavy atom. The Bertz CT molecular complexity index is 1440. The Balaban J connectivity index is 1.77. The first-order valence-corrected chi connectivity index (χ1v) is 11.8. The third-order valence-electron chi connectivity index (χ3n) is 5.73. The lowest BCUT2D eigenvalue weighted by Gasteiger charge is -2.18. The van der Waals surface area contributed by atoms with Crippen LogP contribution in [0.1, 0.15) is 17.0 Å². The van der Waals surface area contributed by atoms with Crippen LogP contribution in [0, 0.1) is 13.8 Å². The molecule has 0 bridgehead atoms. The number of thiocarbonyl (C=S) groups is 1. The van der Waals surface area contributed by atoms with Gasteiger partial charge >= 0.3 is 6.61 Å². The molecular weight excluding hydrogens is 496 g/mol. The molecule has 0 aliphatic heterocycles. The Hall–Kier alpha value is -4.24. The van der Waals surface area contributed by atoms with Crippen molar-refractivity contribution in [2.24, 2.45) is 0 Å². The van der Waals surface area contributed by atoms with Gasteiger partial charge in [-0.1, -0.05) is 24.4 Å². The number of halogens is 2. The van der Waals surface area contributed by atoms with Gasteiger partial charge in [0, 0.05) is 41.0 Å². The van der Waals surface area contributed by atoms with Crippen LogP contribution in [0.3, 0.4) is 0 Å². The van der Waals surface area contributed by atoms with Gasteiger partial charge in [-0.05, 0) is 67.6 Å². The summed E-state index contributed by atoms with van der Waals surface area (Å²) in [5.41, 5.74) is 3.62. The molecule has 0 atom stereocenters. The minimum Gasteiger partial charge on any atom is -0.867 e. The number of pyridine rings is 1. The van der Waals surface area contributed by atoms with Crippen LogP contribution >= 0.6 is 12.2 Å². The summed E-state index contributed by atoms with van der Waals surface area (Å²) in [5.74, 6) is 0.442. The van der Waals surface area contributed by atoms with Crippen LogP contribution in [0.2, 0.25) is 0 Å². The van der Waals surface area contributed by atoms with Gasteiger partial charge in [0.05, 0.1) is 7.11 Å². The Morgan fingerprint density at radius 2 is 1.68 bits per heavy atom. The second-order valence-electron chi connectivity index (χ2n) is 8.14. The van der Waals surface area contributed by atoms with E-state index in [0.29, 0.717) is 28.4 Å². The van der Waals surface area contributed by atoms with Crippen molar-refractivity contribution in [3.63, 3.8) is 0 Å². The molecule has 9 heteroatoms. The SMILES string of the molecule is COc1cccc(NC(=S)C(=C([O-])c2cc(C)n(-c3ccc(OC(F)F)cc3)c2C)[n+]2ccccc2)c1. The van der Waals surface area contributed by atoms with Gasteiger partial charge in [0.25, 0.3) is 0 Å². The molecular formula is C28H25F2N3O3S. The molecule has 37 heavy (non-hydrogen) atoms. The molecule has 0 fully saturated rings. The summed E-state index contributed by atoms with van der Waals surface area (Å²) in [7, 11) is 1.58. The number of methoxy groups -OCH3 is 1. The van der Waals surface area contributed by atoms with E-state index < -0.39 is 6.61 Å². The maximum atomic E-state index is 14.0. The molecule has 2 aromatic carbocycles. The molecule has 0 amide bonds. The van der Waals surface area contributed by atoms with Crippen molar-refractivity contribution in [2.45, 2.75) is 20.5 Å². The Kier molecular flexibility index (Phi) is 7.83. The zero-order valence-electron chi connectivity index (χ0n) is 20.4. The number of ether oxygens (including phenoxy) is 2. The second-order valence-corrected chi connectivity index (χ2v) is 8.55. The van der Waals surface area contributed by atoms with Crippen molar-refractivity contribution in [2.75, 3.05) is 12.4 Å². The third-order valence-corrected chi connectivity index (χ3v) is 6.02. The van der Waals surface area contributed by atoms with Gasteiger partial charge in [0.1, 0.15) is 11.5 Å². The number of nitrogens with zero attached hydrogens (tertiary/aromatic N) is 2. The van der Waals surface area contributed by atoms with Gasteiger partial charge < -0.3 is 24.5 Å². The van der Waals surface area contributed by atoms with Crippen molar-refractivity contribution in [1.82, 2.24) is 4.57 Å². The minimum atomic E-state index is -2.90. The summed E-state index contributed by atoms with van der Waals surface area (Å²) in [6, 6.07) is 20.8. The number of alkyl halides is 2. The standard InChI is InChI=1S/C28H25F2N3O3S/c1-18-16-24(19(2)33(18)21-10-12-22(13-11-21)36-28(29)30)26(34)25(32-14-5-4-6-15-32)27(37)31-20-8-7-9-23(17-20)35-3/h4-17,28H,1-3H3,(H-,31,34,37). The highest BCUT2D eigenvalue weighted by atomic mass is 32.1. The molecule has 190 valence electrons. The van der Waals surface area contributed by atoms with E-state index in [0.717, 1.165) is 5.69 Å². The number of rotatable bonds is 8. The molecule has 2 aromatic heterocycles. The molecule has 0 aliphatic rings. The van der Waals surface area contributed by atoms with E-state index in [1.165, 1.54) is 12.1 Å². The zero-order chi connectivity index (χ0) is 26.5. The highest BCUT2D eigenvalue weighted by Crippen LogP contribution is 2.28. The van der Waals surface area contributed by atoms with E-state index >= 15 is 0 Å². The fourth-order valence-electron chi connectivity index (χ4n) is 4.07. The number of anilines is 1. The van der Waals surface area contributed by atoms with Gasteiger partial charge in [-0.3, -0.25) is 0 Å². The van der Waals surface area contributed by atoms with E-state index in [1.54, 1.807) is 48.3 Å². The van der Waals surface area contributed by atoms with Crippen molar-refractivity contribution >= 4 is 34.3 Å². The Morgan fingerprint density at radius 3 is 2.32 bits per heavy atom. The fraction of sp³-hybridized carbons (Fsp3) is 0.143. The number of hydrogen-bond donors (Lipinski definition) is 1. The van der Waals surface area contributed by atoms with Crippen LogP contribution in [-0.2, 0) is 0 Å². The van der Waals surface area contributed by atoms with Gasteiger partial charge in [0.2, 0.25) is 5.70 Å². The molecule has 1 N–H and O–H groups in total. The average Bonchev–Trinajstić information content (AvgIpc) is 3.18. The molecule has 0 radical (unpaired) electrons. The second kappa shape index (κ2) is 11.2. The first-order chi connectivity index (χ1) is 17.8. The maximum Gasteiger partial charge on any atom is 0.387 e. The van der Waals surface area contributed by atoms with E-state index in [4.69, 9.17) is 17.0 Å². The van der Waals surface area contributed by atoms with Gasteiger partial charge in [-0.25, -0.2) is 0 Å². The highest BCUT2D eigenvalue weighted by molar-refractivity contribution is 7.81. The van der Waals surface area contributed by atoms with Crippen LogP contribution in [0.5, 0.6) is 11.5 Å².